The van der Waals surface area contributed by atoms with E-state index in [9.17, 15) is 4.79 Å². The number of hydrogen-bond acceptors (Lipinski definition) is 3. The molecule has 4 aromatic rings. The number of rotatable bonds is 23. The molecule has 0 radical (unpaired) electrons. The van der Waals surface area contributed by atoms with E-state index in [1.54, 1.807) is 0 Å². The van der Waals surface area contributed by atoms with Gasteiger partial charge in [0.1, 0.15) is 11.3 Å². The van der Waals surface area contributed by atoms with E-state index < -0.39 is 0 Å². The second kappa shape index (κ2) is 20.5. The summed E-state index contributed by atoms with van der Waals surface area (Å²) in [5.41, 5.74) is 6.89. The van der Waals surface area contributed by atoms with Crippen LogP contribution in [0.3, 0.4) is 0 Å². The number of nitrogens with zero attached hydrogens (tertiary/aromatic N) is 3. The normalized spacial score (nSPS) is 11.9. The average Bonchev–Trinajstić information content (AvgIpc) is 3.45. The van der Waals surface area contributed by atoms with E-state index in [2.05, 4.69) is 93.0 Å². The summed E-state index contributed by atoms with van der Waals surface area (Å²) < 4.78 is 2.44. The van der Waals surface area contributed by atoms with Gasteiger partial charge in [-0.3, -0.25) is 9.78 Å². The van der Waals surface area contributed by atoms with Gasteiger partial charge in [0, 0.05) is 31.3 Å². The van der Waals surface area contributed by atoms with Crippen LogP contribution in [0.1, 0.15) is 166 Å². The smallest absolute Gasteiger partial charge is 0.220 e. The van der Waals surface area contributed by atoms with E-state index >= 15 is 0 Å². The van der Waals surface area contributed by atoms with Crippen molar-refractivity contribution < 1.29 is 4.79 Å². The molecule has 2 heterocycles. The van der Waals surface area contributed by atoms with Crippen molar-refractivity contribution in [3.05, 3.63) is 71.2 Å². The van der Waals surface area contributed by atoms with E-state index in [4.69, 9.17) is 9.97 Å². The van der Waals surface area contributed by atoms with Gasteiger partial charge in [0.05, 0.1) is 16.7 Å². The first kappa shape index (κ1) is 38.6. The Balaban J connectivity index is 1.25. The van der Waals surface area contributed by atoms with Crippen LogP contribution in [0.15, 0.2) is 48.5 Å². The van der Waals surface area contributed by atoms with Crippen LogP contribution in [0.2, 0.25) is 0 Å². The monoisotopic (exact) mass is 667 g/mol. The Bertz CT molecular complexity index is 1550. The molecule has 2 aromatic heterocycles. The van der Waals surface area contributed by atoms with Crippen LogP contribution in [-0.4, -0.2) is 20.4 Å². The lowest BCUT2D eigenvalue weighted by Crippen LogP contribution is -2.22. The molecule has 0 bridgehead atoms. The SMILES string of the molecule is CCCCCCCCCCCCCCCCC(=O)NCc1ccc(Cn2c(CCCC)nc3c(CC(C)(C)C)nc4ccccc4c32)cc1. The van der Waals surface area contributed by atoms with Crippen molar-refractivity contribution in [1.82, 2.24) is 19.9 Å². The quantitative estimate of drug-likeness (QED) is 0.0801. The first-order valence-corrected chi connectivity index (χ1v) is 19.9. The maximum atomic E-state index is 12.6. The fourth-order valence-electron chi connectivity index (χ4n) is 6.98. The van der Waals surface area contributed by atoms with E-state index in [0.29, 0.717) is 13.0 Å². The van der Waals surface area contributed by atoms with Gasteiger partial charge in [0.15, 0.2) is 0 Å². The fourth-order valence-corrected chi connectivity index (χ4v) is 6.98. The molecule has 0 saturated carbocycles. The molecular weight excluding hydrogens is 601 g/mol. The molecule has 1 N–H and O–H groups in total. The molecular formula is C44H66N4O. The Morgan fingerprint density at radius 3 is 1.88 bits per heavy atom. The van der Waals surface area contributed by atoms with Gasteiger partial charge in [0.25, 0.3) is 0 Å². The number of nitrogens with one attached hydrogen (secondary N) is 1. The molecule has 0 spiro atoms. The number of hydrogen-bond donors (Lipinski definition) is 1. The van der Waals surface area contributed by atoms with Crippen molar-refractivity contribution in [3.8, 4) is 0 Å². The van der Waals surface area contributed by atoms with Crippen LogP contribution in [-0.2, 0) is 30.7 Å². The van der Waals surface area contributed by atoms with Crippen molar-refractivity contribution in [3.63, 3.8) is 0 Å². The number of benzene rings is 2. The van der Waals surface area contributed by atoms with Gasteiger partial charge in [-0.2, -0.15) is 0 Å². The number of imidazole rings is 1. The number of para-hydroxylation sites is 1. The lowest BCUT2D eigenvalue weighted by atomic mass is 9.89. The summed E-state index contributed by atoms with van der Waals surface area (Å²) >= 11 is 0. The molecule has 5 nitrogen and oxygen atoms in total. The third-order valence-electron chi connectivity index (χ3n) is 9.80. The maximum Gasteiger partial charge on any atom is 0.220 e. The molecule has 268 valence electrons. The zero-order valence-electron chi connectivity index (χ0n) is 31.7. The minimum Gasteiger partial charge on any atom is -0.352 e. The Morgan fingerprint density at radius 2 is 1.27 bits per heavy atom. The number of carbonyl (C=O) groups excluding carboxylic acids is 1. The second-order valence-electron chi connectivity index (χ2n) is 15.7. The number of pyridine rings is 1. The van der Waals surface area contributed by atoms with Crippen LogP contribution in [0.5, 0.6) is 0 Å². The molecule has 0 aliphatic rings. The van der Waals surface area contributed by atoms with Gasteiger partial charge in [-0.1, -0.05) is 167 Å². The highest BCUT2D eigenvalue weighted by atomic mass is 16.1. The zero-order valence-corrected chi connectivity index (χ0v) is 31.7. The van der Waals surface area contributed by atoms with Crippen molar-refractivity contribution in [2.45, 2.75) is 170 Å². The summed E-state index contributed by atoms with van der Waals surface area (Å²) in [5, 5.41) is 4.32. The molecule has 0 saturated heterocycles. The van der Waals surface area contributed by atoms with E-state index in [0.717, 1.165) is 73.2 Å². The van der Waals surface area contributed by atoms with E-state index in [1.807, 2.05) is 0 Å². The first-order chi connectivity index (χ1) is 23.8. The Hall–Kier alpha value is -3.21. The van der Waals surface area contributed by atoms with Crippen molar-refractivity contribution >= 4 is 27.8 Å². The minimum atomic E-state index is 0.118. The summed E-state index contributed by atoms with van der Waals surface area (Å²) in [6, 6.07) is 17.3. The molecule has 49 heavy (non-hydrogen) atoms. The lowest BCUT2D eigenvalue weighted by molar-refractivity contribution is -0.121. The highest BCUT2D eigenvalue weighted by Gasteiger charge is 2.22. The van der Waals surface area contributed by atoms with Crippen LogP contribution in [0.25, 0.3) is 21.9 Å². The van der Waals surface area contributed by atoms with Crippen molar-refractivity contribution in [2.75, 3.05) is 0 Å². The fraction of sp³-hybridized carbons (Fsp3) is 0.614. The summed E-state index contributed by atoms with van der Waals surface area (Å²) in [4.78, 5) is 22.9. The third kappa shape index (κ3) is 12.9. The number of amides is 1. The van der Waals surface area contributed by atoms with Crippen molar-refractivity contribution in [2.24, 2.45) is 5.41 Å². The van der Waals surface area contributed by atoms with E-state index in [-0.39, 0.29) is 11.3 Å². The standard InChI is InChI=1S/C44H66N4O/c1-6-8-10-11-12-13-14-15-16-17-18-19-20-21-27-41(49)45-33-35-28-30-36(31-29-35)34-48-40(26-9-7-2)47-42-39(32-44(3,4)5)46-38-25-23-22-24-37(38)43(42)48/h22-25,28-31H,6-21,26-27,32-34H2,1-5H3,(H,45,49). The van der Waals surface area contributed by atoms with Crippen LogP contribution < -0.4 is 5.32 Å². The summed E-state index contributed by atoms with van der Waals surface area (Å²) in [5.74, 6) is 1.31. The molecule has 2 aromatic carbocycles. The van der Waals surface area contributed by atoms with Gasteiger partial charge in [-0.25, -0.2) is 4.98 Å². The number of fused-ring (bicyclic) bond motifs is 3. The Morgan fingerprint density at radius 1 is 0.694 bits per heavy atom. The molecule has 5 heteroatoms. The largest absolute Gasteiger partial charge is 0.352 e. The number of aromatic nitrogens is 3. The Labute approximate surface area is 298 Å². The van der Waals surface area contributed by atoms with Gasteiger partial charge in [-0.05, 0) is 41.9 Å². The van der Waals surface area contributed by atoms with Crippen LogP contribution in [0.4, 0.5) is 0 Å². The molecule has 4 rings (SSSR count). The van der Waals surface area contributed by atoms with Gasteiger partial charge < -0.3 is 9.88 Å². The number of aryl methyl sites for hydroxylation is 1. The molecule has 0 aliphatic carbocycles. The Kier molecular flexibility index (Phi) is 16.1. The number of unbranched alkanes of at least 4 members (excludes halogenated alkanes) is 14. The lowest BCUT2D eigenvalue weighted by Gasteiger charge is -2.18. The average molecular weight is 667 g/mol. The first-order valence-electron chi connectivity index (χ1n) is 19.9. The highest BCUT2D eigenvalue weighted by molar-refractivity contribution is 6.03. The topological polar surface area (TPSA) is 59.8 Å². The second-order valence-corrected chi connectivity index (χ2v) is 15.7. The summed E-state index contributed by atoms with van der Waals surface area (Å²) in [6.07, 6.45) is 23.4. The zero-order chi connectivity index (χ0) is 34.9. The third-order valence-corrected chi connectivity index (χ3v) is 9.80. The van der Waals surface area contributed by atoms with Crippen LogP contribution >= 0.6 is 0 Å². The highest BCUT2D eigenvalue weighted by Crippen LogP contribution is 2.32. The van der Waals surface area contributed by atoms with Crippen LogP contribution in [0, 0.1) is 5.41 Å². The summed E-state index contributed by atoms with van der Waals surface area (Å²) in [7, 11) is 0. The van der Waals surface area contributed by atoms with Gasteiger partial charge in [-0.15, -0.1) is 0 Å². The van der Waals surface area contributed by atoms with E-state index in [1.165, 1.54) is 93.5 Å². The van der Waals surface area contributed by atoms with Gasteiger partial charge >= 0.3 is 0 Å². The predicted molar refractivity (Wildman–Crippen MR) is 209 cm³/mol. The molecule has 0 fully saturated rings. The molecule has 0 aliphatic heterocycles. The molecule has 0 atom stereocenters. The number of carbonyl (C=O) groups is 1. The molecule has 0 unspecified atom stereocenters. The summed E-state index contributed by atoms with van der Waals surface area (Å²) in [6.45, 7) is 12.7. The van der Waals surface area contributed by atoms with Gasteiger partial charge in [0.2, 0.25) is 5.91 Å². The van der Waals surface area contributed by atoms with Crippen molar-refractivity contribution in [1.29, 1.82) is 0 Å². The maximum absolute atomic E-state index is 12.6. The molecule has 1 amide bonds. The predicted octanol–water partition coefficient (Wildman–Crippen LogP) is 12.1. The minimum absolute atomic E-state index is 0.118.